The highest BCUT2D eigenvalue weighted by Gasteiger charge is 2.26. The summed E-state index contributed by atoms with van der Waals surface area (Å²) in [5, 5.41) is 0. The van der Waals surface area contributed by atoms with Crippen LogP contribution in [0, 0.1) is 0 Å². The van der Waals surface area contributed by atoms with E-state index in [1.807, 2.05) is 30.3 Å². The molecular weight excluding hydrogens is 332 g/mol. The van der Waals surface area contributed by atoms with E-state index in [1.54, 1.807) is 34.5 Å². The molecule has 0 saturated carbocycles. The number of ether oxygens (including phenoxy) is 4. The summed E-state index contributed by atoms with van der Waals surface area (Å²) in [4.78, 5) is 12.4. The second-order valence-electron chi connectivity index (χ2n) is 5.93. The van der Waals surface area contributed by atoms with Gasteiger partial charge in [-0.2, -0.15) is 0 Å². The van der Waals surface area contributed by atoms with Gasteiger partial charge in [0, 0.05) is 12.0 Å². The molecule has 2 aromatic rings. The SMILES string of the molecule is COc1ccc(C2=CC(=O)CCc3cc(OC)c(OC)c(OC)c32)cc1. The minimum Gasteiger partial charge on any atom is -0.497 e. The molecule has 0 fully saturated rings. The van der Waals surface area contributed by atoms with Crippen LogP contribution in [0.25, 0.3) is 5.57 Å². The number of ketones is 1. The molecule has 1 aliphatic rings. The van der Waals surface area contributed by atoms with Crippen molar-refractivity contribution in [1.82, 2.24) is 0 Å². The number of fused-ring (bicyclic) bond motifs is 1. The van der Waals surface area contributed by atoms with Gasteiger partial charge in [-0.1, -0.05) is 12.1 Å². The number of hydrogen-bond acceptors (Lipinski definition) is 5. The molecule has 0 heterocycles. The van der Waals surface area contributed by atoms with E-state index in [2.05, 4.69) is 0 Å². The number of carbonyl (C=O) groups is 1. The molecule has 0 bridgehead atoms. The fourth-order valence-electron chi connectivity index (χ4n) is 3.26. The van der Waals surface area contributed by atoms with E-state index in [0.29, 0.717) is 30.1 Å². The van der Waals surface area contributed by atoms with Crippen LogP contribution in [0.2, 0.25) is 0 Å². The summed E-state index contributed by atoms with van der Waals surface area (Å²) in [7, 11) is 6.38. The molecule has 5 heteroatoms. The predicted molar refractivity (Wildman–Crippen MR) is 99.5 cm³/mol. The second-order valence-corrected chi connectivity index (χ2v) is 5.93. The van der Waals surface area contributed by atoms with Crippen molar-refractivity contribution in [3.05, 3.63) is 53.1 Å². The van der Waals surface area contributed by atoms with E-state index >= 15 is 0 Å². The minimum atomic E-state index is 0.0759. The van der Waals surface area contributed by atoms with Crippen LogP contribution in [0.4, 0.5) is 0 Å². The fourth-order valence-corrected chi connectivity index (χ4v) is 3.26. The zero-order chi connectivity index (χ0) is 18.7. The Hall–Kier alpha value is -2.95. The minimum absolute atomic E-state index is 0.0759. The van der Waals surface area contributed by atoms with Crippen LogP contribution in [0.5, 0.6) is 23.0 Å². The highest BCUT2D eigenvalue weighted by atomic mass is 16.5. The van der Waals surface area contributed by atoms with Gasteiger partial charge in [0.15, 0.2) is 17.3 Å². The van der Waals surface area contributed by atoms with Gasteiger partial charge in [-0.05, 0) is 47.4 Å². The molecule has 0 atom stereocenters. The Bertz CT molecular complexity index is 850. The third kappa shape index (κ3) is 3.12. The number of rotatable bonds is 5. The molecule has 1 aliphatic carbocycles. The van der Waals surface area contributed by atoms with E-state index in [9.17, 15) is 4.79 Å². The van der Waals surface area contributed by atoms with Gasteiger partial charge < -0.3 is 18.9 Å². The van der Waals surface area contributed by atoms with Crippen molar-refractivity contribution >= 4 is 11.4 Å². The Kier molecular flexibility index (Phi) is 5.16. The smallest absolute Gasteiger partial charge is 0.203 e. The maximum Gasteiger partial charge on any atom is 0.203 e. The lowest BCUT2D eigenvalue weighted by molar-refractivity contribution is -0.114. The maximum atomic E-state index is 12.4. The Morgan fingerprint density at radius 1 is 0.808 bits per heavy atom. The lowest BCUT2D eigenvalue weighted by Gasteiger charge is -2.20. The summed E-state index contributed by atoms with van der Waals surface area (Å²) in [5.41, 5.74) is 3.57. The summed E-state index contributed by atoms with van der Waals surface area (Å²) in [6.07, 6.45) is 2.73. The van der Waals surface area contributed by atoms with Crippen LogP contribution in [0.3, 0.4) is 0 Å². The molecule has 0 unspecified atom stereocenters. The van der Waals surface area contributed by atoms with Crippen LogP contribution in [0.1, 0.15) is 23.1 Å². The molecule has 136 valence electrons. The molecule has 0 amide bonds. The van der Waals surface area contributed by atoms with Gasteiger partial charge in [-0.15, -0.1) is 0 Å². The molecule has 0 N–H and O–H groups in total. The van der Waals surface area contributed by atoms with Gasteiger partial charge in [0.2, 0.25) is 5.75 Å². The van der Waals surface area contributed by atoms with Crippen molar-refractivity contribution < 1.29 is 23.7 Å². The molecule has 0 saturated heterocycles. The van der Waals surface area contributed by atoms with Crippen molar-refractivity contribution in [3.63, 3.8) is 0 Å². The van der Waals surface area contributed by atoms with Gasteiger partial charge in [0.1, 0.15) is 5.75 Å². The monoisotopic (exact) mass is 354 g/mol. The molecule has 2 aromatic carbocycles. The highest BCUT2D eigenvalue weighted by Crippen LogP contribution is 2.47. The molecule has 26 heavy (non-hydrogen) atoms. The molecule has 0 aliphatic heterocycles. The van der Waals surface area contributed by atoms with Crippen LogP contribution >= 0.6 is 0 Å². The van der Waals surface area contributed by atoms with Crippen LogP contribution < -0.4 is 18.9 Å². The average molecular weight is 354 g/mol. The normalized spacial score (nSPS) is 13.4. The Balaban J connectivity index is 2.27. The number of aryl methyl sites for hydroxylation is 1. The van der Waals surface area contributed by atoms with E-state index in [0.717, 1.165) is 28.0 Å². The molecule has 5 nitrogen and oxygen atoms in total. The molecular formula is C21H22O5. The van der Waals surface area contributed by atoms with E-state index in [4.69, 9.17) is 18.9 Å². The van der Waals surface area contributed by atoms with Gasteiger partial charge in [-0.25, -0.2) is 0 Å². The first-order valence-corrected chi connectivity index (χ1v) is 8.34. The van der Waals surface area contributed by atoms with Gasteiger partial charge in [0.25, 0.3) is 0 Å². The number of allylic oxidation sites excluding steroid dienone is 1. The molecule has 0 spiro atoms. The number of hydrogen-bond donors (Lipinski definition) is 0. The van der Waals surface area contributed by atoms with Gasteiger partial charge in [-0.3, -0.25) is 4.79 Å². The average Bonchev–Trinajstić information content (AvgIpc) is 2.85. The zero-order valence-electron chi connectivity index (χ0n) is 15.4. The lowest BCUT2D eigenvalue weighted by atomic mass is 9.92. The standard InChI is InChI=1S/C21H22O5/c1-23-16-9-6-13(7-10-16)17-12-15(22)8-5-14-11-18(24-2)20(25-3)21(26-4)19(14)17/h6-7,9-12H,5,8H2,1-4H3. The first kappa shape index (κ1) is 17.9. The fraction of sp³-hybridized carbons (Fsp3) is 0.286. The van der Waals surface area contributed by atoms with Crippen molar-refractivity contribution in [3.8, 4) is 23.0 Å². The number of carbonyl (C=O) groups excluding carboxylic acids is 1. The van der Waals surface area contributed by atoms with E-state index < -0.39 is 0 Å². The maximum absolute atomic E-state index is 12.4. The molecule has 0 aromatic heterocycles. The van der Waals surface area contributed by atoms with Crippen molar-refractivity contribution in [1.29, 1.82) is 0 Å². The first-order valence-electron chi connectivity index (χ1n) is 8.34. The third-order valence-corrected chi connectivity index (χ3v) is 4.53. The third-order valence-electron chi connectivity index (χ3n) is 4.53. The highest BCUT2D eigenvalue weighted by molar-refractivity contribution is 6.03. The summed E-state index contributed by atoms with van der Waals surface area (Å²) in [6.45, 7) is 0. The van der Waals surface area contributed by atoms with Gasteiger partial charge in [0.05, 0.1) is 28.4 Å². The summed E-state index contributed by atoms with van der Waals surface area (Å²) >= 11 is 0. The van der Waals surface area contributed by atoms with Crippen molar-refractivity contribution in [2.45, 2.75) is 12.8 Å². The van der Waals surface area contributed by atoms with Crippen LogP contribution in [-0.2, 0) is 11.2 Å². The molecule has 0 radical (unpaired) electrons. The predicted octanol–water partition coefficient (Wildman–Crippen LogP) is 3.67. The topological polar surface area (TPSA) is 54.0 Å². The van der Waals surface area contributed by atoms with Gasteiger partial charge >= 0.3 is 0 Å². The Morgan fingerprint density at radius 2 is 1.50 bits per heavy atom. The second kappa shape index (κ2) is 7.52. The van der Waals surface area contributed by atoms with E-state index in [-0.39, 0.29) is 5.78 Å². The van der Waals surface area contributed by atoms with E-state index in [1.165, 1.54) is 0 Å². The largest absolute Gasteiger partial charge is 0.497 e. The zero-order valence-corrected chi connectivity index (χ0v) is 15.4. The molecule has 3 rings (SSSR count). The van der Waals surface area contributed by atoms with Crippen molar-refractivity contribution in [2.75, 3.05) is 28.4 Å². The lowest BCUT2D eigenvalue weighted by Crippen LogP contribution is -2.03. The summed E-state index contributed by atoms with van der Waals surface area (Å²) in [6, 6.07) is 9.54. The summed E-state index contributed by atoms with van der Waals surface area (Å²) in [5.74, 6) is 2.51. The number of methoxy groups -OCH3 is 4. The first-order chi connectivity index (χ1) is 12.6. The number of benzene rings is 2. The Labute approximate surface area is 153 Å². The van der Waals surface area contributed by atoms with Crippen molar-refractivity contribution in [2.24, 2.45) is 0 Å². The van der Waals surface area contributed by atoms with Crippen LogP contribution in [-0.4, -0.2) is 34.2 Å². The summed E-state index contributed by atoms with van der Waals surface area (Å²) < 4.78 is 21.9. The Morgan fingerprint density at radius 3 is 2.08 bits per heavy atom. The quantitative estimate of drug-likeness (QED) is 0.820. The van der Waals surface area contributed by atoms with Crippen LogP contribution in [0.15, 0.2) is 36.4 Å².